The number of fused-ring (bicyclic) bond motifs is 1. The van der Waals surface area contributed by atoms with E-state index in [4.69, 9.17) is 4.74 Å². The van der Waals surface area contributed by atoms with Crippen LogP contribution in [0.25, 0.3) is 5.52 Å². The number of methoxy groups -OCH3 is 1. The minimum Gasteiger partial charge on any atom is -0.464 e. The minimum atomic E-state index is -0.321. The molecule has 2 aromatic rings. The maximum Gasteiger partial charge on any atom is 0.355 e. The summed E-state index contributed by atoms with van der Waals surface area (Å²) in [6.07, 6.45) is 2.91. The van der Waals surface area contributed by atoms with Crippen LogP contribution in [0.4, 0.5) is 0 Å². The van der Waals surface area contributed by atoms with Gasteiger partial charge in [-0.3, -0.25) is 4.40 Å². The summed E-state index contributed by atoms with van der Waals surface area (Å²) in [7, 11) is 1.41. The Balaban J connectivity index is 2.02. The lowest BCUT2D eigenvalue weighted by Crippen LogP contribution is -2.28. The van der Waals surface area contributed by atoms with Crippen molar-refractivity contribution in [3.63, 3.8) is 0 Å². The molecule has 0 aromatic carbocycles. The molecule has 0 saturated carbocycles. The Kier molecular flexibility index (Phi) is 3.68. The van der Waals surface area contributed by atoms with E-state index in [1.54, 1.807) is 6.07 Å². The molecule has 0 spiro atoms. The van der Waals surface area contributed by atoms with E-state index < -0.39 is 0 Å². The molecule has 3 rings (SSSR count). The molecule has 0 bridgehead atoms. The highest BCUT2D eigenvalue weighted by atomic mass is 16.5. The van der Waals surface area contributed by atoms with Crippen LogP contribution in [0.15, 0.2) is 24.4 Å². The number of carbonyl (C=O) groups excluding carboxylic acids is 1. The summed E-state index contributed by atoms with van der Waals surface area (Å²) in [6.45, 7) is 6.50. The van der Waals surface area contributed by atoms with Crippen molar-refractivity contribution in [1.29, 1.82) is 0 Å². The maximum absolute atomic E-state index is 12.0. The minimum absolute atomic E-state index is 0.321. The van der Waals surface area contributed by atoms with Gasteiger partial charge >= 0.3 is 5.97 Å². The Hall–Kier alpha value is -1.88. The van der Waals surface area contributed by atoms with Crippen LogP contribution >= 0.6 is 0 Å². The second kappa shape index (κ2) is 5.48. The van der Waals surface area contributed by atoms with Gasteiger partial charge in [0.05, 0.1) is 18.8 Å². The lowest BCUT2D eigenvalue weighted by molar-refractivity contribution is 0.0591. The fourth-order valence-electron chi connectivity index (χ4n) is 3.09. The van der Waals surface area contributed by atoms with Crippen LogP contribution < -0.4 is 0 Å². The van der Waals surface area contributed by atoms with E-state index in [0.29, 0.717) is 17.7 Å². The summed E-state index contributed by atoms with van der Waals surface area (Å²) in [5.41, 5.74) is 1.49. The monoisotopic (exact) mass is 287 g/mol. The van der Waals surface area contributed by atoms with Gasteiger partial charge in [0.25, 0.3) is 0 Å². The molecule has 112 valence electrons. The molecular formula is C16H21N3O2. The summed E-state index contributed by atoms with van der Waals surface area (Å²) < 4.78 is 6.84. The van der Waals surface area contributed by atoms with Crippen molar-refractivity contribution in [1.82, 2.24) is 14.3 Å². The molecule has 1 aliphatic rings. The molecule has 3 heterocycles. The van der Waals surface area contributed by atoms with Crippen LogP contribution in [-0.2, 0) is 4.74 Å². The van der Waals surface area contributed by atoms with Crippen LogP contribution in [0.5, 0.6) is 0 Å². The number of carbonyl (C=O) groups is 1. The first-order valence-corrected chi connectivity index (χ1v) is 7.40. The third-order valence-corrected chi connectivity index (χ3v) is 4.29. The summed E-state index contributed by atoms with van der Waals surface area (Å²) >= 11 is 0. The fraction of sp³-hybridized carbons (Fsp3) is 0.500. The quantitative estimate of drug-likeness (QED) is 0.813. The van der Waals surface area contributed by atoms with E-state index in [-0.39, 0.29) is 5.97 Å². The van der Waals surface area contributed by atoms with Gasteiger partial charge in [-0.2, -0.15) is 0 Å². The van der Waals surface area contributed by atoms with Gasteiger partial charge in [-0.05, 0) is 38.9 Å². The van der Waals surface area contributed by atoms with Gasteiger partial charge in [0.2, 0.25) is 0 Å². The zero-order valence-corrected chi connectivity index (χ0v) is 12.7. The lowest BCUT2D eigenvalue weighted by atomic mass is 10.1. The largest absolute Gasteiger partial charge is 0.464 e. The third-order valence-electron chi connectivity index (χ3n) is 4.29. The highest BCUT2D eigenvalue weighted by Gasteiger charge is 2.29. The third kappa shape index (κ3) is 2.42. The summed E-state index contributed by atoms with van der Waals surface area (Å²) in [5, 5.41) is 0. The molecule has 5 heteroatoms. The Morgan fingerprint density at radius 1 is 1.43 bits per heavy atom. The number of nitrogens with zero attached hydrogens (tertiary/aromatic N) is 3. The highest BCUT2D eigenvalue weighted by molar-refractivity contribution is 5.88. The van der Waals surface area contributed by atoms with E-state index in [1.165, 1.54) is 7.11 Å². The first kappa shape index (κ1) is 14.1. The van der Waals surface area contributed by atoms with Crippen LogP contribution in [-0.4, -0.2) is 46.5 Å². The molecule has 0 radical (unpaired) electrons. The zero-order valence-electron chi connectivity index (χ0n) is 12.7. The van der Waals surface area contributed by atoms with Crippen molar-refractivity contribution in [2.75, 3.05) is 20.2 Å². The van der Waals surface area contributed by atoms with Gasteiger partial charge in [-0.1, -0.05) is 6.07 Å². The second-order valence-corrected chi connectivity index (χ2v) is 5.85. The summed E-state index contributed by atoms with van der Waals surface area (Å²) in [4.78, 5) is 19.0. The molecule has 0 N–H and O–H groups in total. The summed E-state index contributed by atoms with van der Waals surface area (Å²) in [6, 6.07) is 6.17. The van der Waals surface area contributed by atoms with E-state index in [9.17, 15) is 4.79 Å². The Labute approximate surface area is 124 Å². The van der Waals surface area contributed by atoms with E-state index in [2.05, 4.69) is 23.7 Å². The highest BCUT2D eigenvalue weighted by Crippen LogP contribution is 2.29. The van der Waals surface area contributed by atoms with Crippen molar-refractivity contribution in [2.45, 2.75) is 32.2 Å². The lowest BCUT2D eigenvalue weighted by Gasteiger charge is -2.20. The Morgan fingerprint density at radius 2 is 2.24 bits per heavy atom. The maximum atomic E-state index is 12.0. The van der Waals surface area contributed by atoms with Crippen molar-refractivity contribution in [3.05, 3.63) is 35.9 Å². The van der Waals surface area contributed by atoms with Crippen LogP contribution in [0.2, 0.25) is 0 Å². The standard InChI is InChI=1S/C16H21N3O2/c1-11(2)18-8-7-12(10-18)15-17-9-13-5-4-6-14(19(13)15)16(20)21-3/h4-6,9,11-12H,7-8,10H2,1-3H3. The van der Waals surface area contributed by atoms with Gasteiger partial charge in [0.1, 0.15) is 11.5 Å². The number of hydrogen-bond donors (Lipinski definition) is 0. The zero-order chi connectivity index (χ0) is 15.0. The number of pyridine rings is 1. The number of esters is 1. The molecule has 1 saturated heterocycles. The molecule has 21 heavy (non-hydrogen) atoms. The van der Waals surface area contributed by atoms with Gasteiger partial charge in [0.15, 0.2) is 0 Å². The van der Waals surface area contributed by atoms with Crippen LogP contribution in [0.1, 0.15) is 42.5 Å². The molecule has 1 aliphatic heterocycles. The predicted molar refractivity (Wildman–Crippen MR) is 80.6 cm³/mol. The molecule has 0 aliphatic carbocycles. The van der Waals surface area contributed by atoms with Crippen molar-refractivity contribution < 1.29 is 9.53 Å². The molecule has 0 amide bonds. The number of ether oxygens (including phenoxy) is 1. The molecule has 2 aromatic heterocycles. The van der Waals surface area contributed by atoms with Crippen LogP contribution in [0, 0.1) is 0 Å². The van der Waals surface area contributed by atoms with Crippen molar-refractivity contribution in [3.8, 4) is 0 Å². The van der Waals surface area contributed by atoms with Crippen molar-refractivity contribution in [2.24, 2.45) is 0 Å². The molecule has 5 nitrogen and oxygen atoms in total. The van der Waals surface area contributed by atoms with E-state index >= 15 is 0 Å². The van der Waals surface area contributed by atoms with Crippen LogP contribution in [0.3, 0.4) is 0 Å². The first-order chi connectivity index (χ1) is 10.1. The topological polar surface area (TPSA) is 46.8 Å². The van der Waals surface area contributed by atoms with E-state index in [0.717, 1.165) is 30.9 Å². The van der Waals surface area contributed by atoms with Gasteiger partial charge in [0, 0.05) is 18.5 Å². The normalized spacial score (nSPS) is 19.5. The first-order valence-electron chi connectivity index (χ1n) is 7.40. The number of imidazole rings is 1. The Morgan fingerprint density at radius 3 is 2.90 bits per heavy atom. The van der Waals surface area contributed by atoms with Crippen molar-refractivity contribution >= 4 is 11.5 Å². The Bertz CT molecular complexity index is 663. The second-order valence-electron chi connectivity index (χ2n) is 5.85. The van der Waals surface area contributed by atoms with Gasteiger partial charge in [-0.15, -0.1) is 0 Å². The molecule has 1 fully saturated rings. The predicted octanol–water partition coefficient (Wildman–Crippen LogP) is 2.32. The molecular weight excluding hydrogens is 266 g/mol. The van der Waals surface area contributed by atoms with Gasteiger partial charge < -0.3 is 9.64 Å². The fourth-order valence-corrected chi connectivity index (χ4v) is 3.09. The smallest absolute Gasteiger partial charge is 0.355 e. The number of hydrogen-bond acceptors (Lipinski definition) is 4. The number of rotatable bonds is 3. The molecule has 1 atom stereocenters. The molecule has 1 unspecified atom stereocenters. The van der Waals surface area contributed by atoms with Gasteiger partial charge in [-0.25, -0.2) is 9.78 Å². The average molecular weight is 287 g/mol. The van der Waals surface area contributed by atoms with E-state index in [1.807, 2.05) is 22.7 Å². The number of likely N-dealkylation sites (tertiary alicyclic amines) is 1. The number of aromatic nitrogens is 2. The summed E-state index contributed by atoms with van der Waals surface area (Å²) in [5.74, 6) is 1.01. The SMILES string of the molecule is COC(=O)c1cccc2cnc(C3CCN(C(C)C)C3)n12. The average Bonchev–Trinajstić information content (AvgIpc) is 3.12.